The van der Waals surface area contributed by atoms with Gasteiger partial charge >= 0.3 is 0 Å². The van der Waals surface area contributed by atoms with Crippen molar-refractivity contribution < 1.29 is 8.95 Å². The van der Waals surface area contributed by atoms with Gasteiger partial charge in [0.1, 0.15) is 0 Å². The molecule has 0 saturated carbocycles. The van der Waals surface area contributed by atoms with Gasteiger partial charge in [-0.1, -0.05) is 6.58 Å². The Labute approximate surface area is 63.7 Å². The zero-order chi connectivity index (χ0) is 7.56. The molecule has 2 nitrogen and oxygen atoms in total. The molecule has 0 radical (unpaired) electrons. The van der Waals surface area contributed by atoms with Crippen molar-refractivity contribution in [2.45, 2.75) is 13.0 Å². The summed E-state index contributed by atoms with van der Waals surface area (Å²) in [6.07, 6.45) is 1.64. The maximum atomic E-state index is 10.6. The maximum absolute atomic E-state index is 10.6. The first kappa shape index (κ1) is 7.79. The summed E-state index contributed by atoms with van der Waals surface area (Å²) in [4.78, 5) is 0. The summed E-state index contributed by atoms with van der Waals surface area (Å²) in [6.45, 7) is 5.45. The largest absolute Gasteiger partial charge is 0.499 e. The smallest absolute Gasteiger partial charge is 0.0995 e. The van der Waals surface area contributed by atoms with E-state index < -0.39 is 10.8 Å². The molecular weight excluding hydrogens is 148 g/mol. The highest BCUT2D eigenvalue weighted by Gasteiger charge is 2.30. The molecule has 0 spiro atoms. The summed E-state index contributed by atoms with van der Waals surface area (Å²) in [5.41, 5.74) is 0. The molecule has 0 bridgehead atoms. The van der Waals surface area contributed by atoms with Crippen LogP contribution in [0.5, 0.6) is 0 Å². The fourth-order valence-corrected chi connectivity index (χ4v) is 2.36. The van der Waals surface area contributed by atoms with Crippen LogP contribution in [0, 0.1) is 5.92 Å². The number of ether oxygens (including phenoxy) is 1. The quantitative estimate of drug-likeness (QED) is 0.574. The summed E-state index contributed by atoms with van der Waals surface area (Å²) >= 11 is 0. The van der Waals surface area contributed by atoms with E-state index in [9.17, 15) is 4.21 Å². The Morgan fingerprint density at radius 3 is 2.80 bits per heavy atom. The van der Waals surface area contributed by atoms with Gasteiger partial charge in [-0.15, -0.1) is 0 Å². The summed E-state index contributed by atoms with van der Waals surface area (Å²) in [6, 6.07) is 0. The highest BCUT2D eigenvalue weighted by atomic mass is 32.2. The minimum Gasteiger partial charge on any atom is -0.499 e. The third kappa shape index (κ3) is 1.59. The second-order valence-corrected chi connectivity index (χ2v) is 4.09. The van der Waals surface area contributed by atoms with Crippen LogP contribution in [-0.2, 0) is 15.5 Å². The molecule has 0 aromatic carbocycles. The van der Waals surface area contributed by atoms with Gasteiger partial charge in [0.05, 0.1) is 12.4 Å². The van der Waals surface area contributed by atoms with Crippen LogP contribution in [0.2, 0.25) is 0 Å². The van der Waals surface area contributed by atoms with Gasteiger partial charge in [-0.2, -0.15) is 0 Å². The van der Waals surface area contributed by atoms with Gasteiger partial charge in [-0.25, -0.2) is 0 Å². The molecule has 1 rings (SSSR count). The van der Waals surface area contributed by atoms with E-state index in [1.165, 1.54) is 6.26 Å². The Morgan fingerprint density at radius 2 is 2.40 bits per heavy atom. The van der Waals surface area contributed by atoms with Crippen LogP contribution in [0.1, 0.15) is 6.92 Å². The van der Waals surface area contributed by atoms with Crippen LogP contribution < -0.4 is 0 Å². The van der Waals surface area contributed by atoms with E-state index in [4.69, 9.17) is 4.74 Å². The molecule has 0 aliphatic carbocycles. The van der Waals surface area contributed by atoms with Crippen molar-refractivity contribution in [1.29, 1.82) is 0 Å². The second kappa shape index (κ2) is 3.19. The van der Waals surface area contributed by atoms with Gasteiger partial charge in [0.2, 0.25) is 0 Å². The molecule has 3 heteroatoms. The number of hydrogen-bond donors (Lipinski definition) is 0. The topological polar surface area (TPSA) is 26.3 Å². The molecule has 0 aromatic rings. The molecule has 1 fully saturated rings. The lowest BCUT2D eigenvalue weighted by molar-refractivity contribution is 0.116. The Morgan fingerprint density at radius 1 is 1.80 bits per heavy atom. The Kier molecular flexibility index (Phi) is 2.49. The molecule has 1 aliphatic rings. The van der Waals surface area contributed by atoms with Crippen molar-refractivity contribution >= 4 is 10.8 Å². The molecule has 0 N–H and O–H groups in total. The lowest BCUT2D eigenvalue weighted by Crippen LogP contribution is -2.39. The first-order valence-electron chi connectivity index (χ1n) is 3.35. The normalized spacial score (nSPS) is 34.1. The van der Waals surface area contributed by atoms with E-state index in [-0.39, 0.29) is 6.10 Å². The van der Waals surface area contributed by atoms with Crippen LogP contribution in [-0.4, -0.2) is 21.8 Å². The average Bonchev–Trinajstić information content (AvgIpc) is 1.82. The lowest BCUT2D eigenvalue weighted by Gasteiger charge is -2.29. The standard InChI is InChI=1S/C7H12O2S/c1-3-9-6(2)7-4-10(8)5-7/h3,6-7H,1,4-5H2,2H3. The van der Waals surface area contributed by atoms with E-state index >= 15 is 0 Å². The molecule has 1 saturated heterocycles. The van der Waals surface area contributed by atoms with Crippen LogP contribution in [0.4, 0.5) is 0 Å². The minimum atomic E-state index is -0.561. The van der Waals surface area contributed by atoms with Crippen molar-refractivity contribution in [3.05, 3.63) is 12.8 Å². The van der Waals surface area contributed by atoms with E-state index in [1.807, 2.05) is 6.92 Å². The van der Waals surface area contributed by atoms with E-state index in [2.05, 4.69) is 6.58 Å². The first-order chi connectivity index (χ1) is 4.74. The molecular formula is C7H12O2S. The van der Waals surface area contributed by atoms with E-state index in [1.54, 1.807) is 0 Å². The predicted molar refractivity (Wildman–Crippen MR) is 42.1 cm³/mol. The van der Waals surface area contributed by atoms with Gasteiger partial charge in [0.15, 0.2) is 0 Å². The summed E-state index contributed by atoms with van der Waals surface area (Å²) in [5, 5.41) is 0. The van der Waals surface area contributed by atoms with Crippen LogP contribution in [0.3, 0.4) is 0 Å². The SMILES string of the molecule is C=COC(C)C1CS(=O)C1. The van der Waals surface area contributed by atoms with Crippen LogP contribution >= 0.6 is 0 Å². The lowest BCUT2D eigenvalue weighted by atomic mass is 10.1. The highest BCUT2D eigenvalue weighted by molar-refractivity contribution is 7.86. The molecule has 58 valence electrons. The predicted octanol–water partition coefficient (Wildman–Crippen LogP) is 0.913. The molecule has 1 atom stereocenters. The van der Waals surface area contributed by atoms with Gasteiger partial charge in [-0.05, 0) is 6.92 Å². The highest BCUT2D eigenvalue weighted by Crippen LogP contribution is 2.20. The summed E-state index contributed by atoms with van der Waals surface area (Å²) < 4.78 is 15.8. The van der Waals surface area contributed by atoms with Gasteiger partial charge < -0.3 is 4.74 Å². The zero-order valence-corrected chi connectivity index (χ0v) is 6.89. The van der Waals surface area contributed by atoms with Crippen molar-refractivity contribution in [2.75, 3.05) is 11.5 Å². The number of hydrogen-bond acceptors (Lipinski definition) is 2. The first-order valence-corrected chi connectivity index (χ1v) is 4.84. The van der Waals surface area contributed by atoms with E-state index in [0.717, 1.165) is 11.5 Å². The monoisotopic (exact) mass is 160 g/mol. The van der Waals surface area contributed by atoms with Crippen molar-refractivity contribution in [3.63, 3.8) is 0 Å². The average molecular weight is 160 g/mol. The Bertz CT molecular complexity index is 145. The Hall–Kier alpha value is -0.310. The maximum Gasteiger partial charge on any atom is 0.0995 e. The van der Waals surface area contributed by atoms with Crippen LogP contribution in [0.15, 0.2) is 12.8 Å². The number of rotatable bonds is 3. The van der Waals surface area contributed by atoms with Crippen molar-refractivity contribution in [3.8, 4) is 0 Å². The van der Waals surface area contributed by atoms with E-state index in [0.29, 0.717) is 5.92 Å². The fraction of sp³-hybridized carbons (Fsp3) is 0.714. The summed E-state index contributed by atoms with van der Waals surface area (Å²) in [5.74, 6) is 2.09. The molecule has 1 heterocycles. The summed E-state index contributed by atoms with van der Waals surface area (Å²) in [7, 11) is -0.561. The fourth-order valence-electron chi connectivity index (χ4n) is 0.963. The van der Waals surface area contributed by atoms with Gasteiger partial charge in [0.25, 0.3) is 0 Å². The zero-order valence-electron chi connectivity index (χ0n) is 6.08. The van der Waals surface area contributed by atoms with Gasteiger partial charge in [0, 0.05) is 28.2 Å². The molecule has 0 amide bonds. The van der Waals surface area contributed by atoms with Gasteiger partial charge in [-0.3, -0.25) is 4.21 Å². The molecule has 1 aliphatic heterocycles. The second-order valence-electron chi connectivity index (χ2n) is 2.54. The van der Waals surface area contributed by atoms with Crippen molar-refractivity contribution in [2.24, 2.45) is 5.92 Å². The van der Waals surface area contributed by atoms with Crippen LogP contribution in [0.25, 0.3) is 0 Å². The third-order valence-electron chi connectivity index (χ3n) is 1.77. The third-order valence-corrected chi connectivity index (χ3v) is 3.37. The molecule has 10 heavy (non-hydrogen) atoms. The Balaban J connectivity index is 2.23. The van der Waals surface area contributed by atoms with Crippen molar-refractivity contribution in [1.82, 2.24) is 0 Å². The molecule has 0 aromatic heterocycles. The minimum absolute atomic E-state index is 0.190. The molecule has 1 unspecified atom stereocenters.